The molecule has 0 spiro atoms. The molecule has 0 aliphatic heterocycles. The Bertz CT molecular complexity index is 724. The van der Waals surface area contributed by atoms with Gasteiger partial charge in [0.15, 0.2) is 0 Å². The molecule has 0 aromatic heterocycles. The van der Waals surface area contributed by atoms with Gasteiger partial charge in [-0.15, -0.1) is 0 Å². The molecule has 132 valence electrons. The second kappa shape index (κ2) is 8.87. The van der Waals surface area contributed by atoms with Gasteiger partial charge in [-0.25, -0.2) is 4.79 Å². The Morgan fingerprint density at radius 1 is 1.00 bits per heavy atom. The summed E-state index contributed by atoms with van der Waals surface area (Å²) in [7, 11) is 0. The standard InChI is InChI=1S/C20H25N3O2/c1-14(2)17-5-4-6-18(11-17)23-19(24)13-22-20(25)21-12-16-9-7-15(3)8-10-16/h4-11,14H,12-13H2,1-3H3,(H,23,24)(H2,21,22,25). The highest BCUT2D eigenvalue weighted by Gasteiger charge is 2.07. The predicted octanol–water partition coefficient (Wildman–Crippen LogP) is 3.56. The molecule has 0 unspecified atom stereocenters. The first-order chi connectivity index (χ1) is 11.9. The van der Waals surface area contributed by atoms with Crippen LogP contribution < -0.4 is 16.0 Å². The maximum absolute atomic E-state index is 12.0. The molecular weight excluding hydrogens is 314 g/mol. The summed E-state index contributed by atoms with van der Waals surface area (Å²) in [5.41, 5.74) is 4.07. The highest BCUT2D eigenvalue weighted by atomic mass is 16.2. The lowest BCUT2D eigenvalue weighted by Gasteiger charge is -2.11. The van der Waals surface area contributed by atoms with Crippen molar-refractivity contribution in [1.29, 1.82) is 0 Å². The average molecular weight is 339 g/mol. The van der Waals surface area contributed by atoms with Crippen molar-refractivity contribution in [1.82, 2.24) is 10.6 Å². The summed E-state index contributed by atoms with van der Waals surface area (Å²) in [6.45, 7) is 6.55. The Morgan fingerprint density at radius 3 is 2.40 bits per heavy atom. The number of anilines is 1. The highest BCUT2D eigenvalue weighted by molar-refractivity contribution is 5.94. The van der Waals surface area contributed by atoms with Gasteiger partial charge in [0.05, 0.1) is 6.54 Å². The van der Waals surface area contributed by atoms with Gasteiger partial charge in [-0.05, 0) is 36.1 Å². The minimum absolute atomic E-state index is 0.0777. The molecule has 2 aromatic carbocycles. The molecule has 0 fully saturated rings. The quantitative estimate of drug-likeness (QED) is 0.753. The van der Waals surface area contributed by atoms with E-state index >= 15 is 0 Å². The van der Waals surface area contributed by atoms with E-state index in [0.717, 1.165) is 16.8 Å². The van der Waals surface area contributed by atoms with Crippen molar-refractivity contribution in [2.45, 2.75) is 33.2 Å². The number of urea groups is 1. The van der Waals surface area contributed by atoms with Crippen molar-refractivity contribution in [2.24, 2.45) is 0 Å². The van der Waals surface area contributed by atoms with E-state index in [4.69, 9.17) is 0 Å². The fourth-order valence-electron chi connectivity index (χ4n) is 2.29. The van der Waals surface area contributed by atoms with Crippen molar-refractivity contribution < 1.29 is 9.59 Å². The van der Waals surface area contributed by atoms with Crippen LogP contribution in [0.5, 0.6) is 0 Å². The van der Waals surface area contributed by atoms with Crippen molar-refractivity contribution >= 4 is 17.6 Å². The minimum atomic E-state index is -0.369. The van der Waals surface area contributed by atoms with Gasteiger partial charge in [0.25, 0.3) is 0 Å². The van der Waals surface area contributed by atoms with Gasteiger partial charge in [0.1, 0.15) is 0 Å². The van der Waals surface area contributed by atoms with E-state index in [1.807, 2.05) is 55.5 Å². The van der Waals surface area contributed by atoms with Crippen molar-refractivity contribution in [3.8, 4) is 0 Å². The lowest BCUT2D eigenvalue weighted by Crippen LogP contribution is -2.39. The molecule has 0 radical (unpaired) electrons. The molecule has 0 aliphatic rings. The Morgan fingerprint density at radius 2 is 1.72 bits per heavy atom. The molecule has 0 bridgehead atoms. The maximum atomic E-state index is 12.0. The van der Waals surface area contributed by atoms with Crippen LogP contribution in [0.2, 0.25) is 0 Å². The van der Waals surface area contributed by atoms with Gasteiger partial charge in [0, 0.05) is 12.2 Å². The molecule has 3 N–H and O–H groups in total. The molecule has 0 heterocycles. The van der Waals surface area contributed by atoms with Gasteiger partial charge >= 0.3 is 6.03 Å². The Balaban J connectivity index is 1.74. The van der Waals surface area contributed by atoms with Gasteiger partial charge in [-0.1, -0.05) is 55.8 Å². The van der Waals surface area contributed by atoms with Crippen LogP contribution in [0.25, 0.3) is 0 Å². The number of benzene rings is 2. The molecule has 0 atom stereocenters. The summed E-state index contributed by atoms with van der Waals surface area (Å²) in [6.07, 6.45) is 0. The molecule has 2 aromatic rings. The van der Waals surface area contributed by atoms with E-state index < -0.39 is 0 Å². The van der Waals surface area contributed by atoms with Gasteiger partial charge < -0.3 is 16.0 Å². The topological polar surface area (TPSA) is 70.2 Å². The second-order valence-corrected chi connectivity index (χ2v) is 6.35. The number of nitrogens with one attached hydrogen (secondary N) is 3. The normalized spacial score (nSPS) is 10.4. The Hall–Kier alpha value is -2.82. The number of hydrogen-bond acceptors (Lipinski definition) is 2. The minimum Gasteiger partial charge on any atom is -0.334 e. The third-order valence-electron chi connectivity index (χ3n) is 3.82. The van der Waals surface area contributed by atoms with Crippen LogP contribution in [0.1, 0.15) is 36.5 Å². The molecule has 2 rings (SSSR count). The zero-order valence-corrected chi connectivity index (χ0v) is 14.9. The van der Waals surface area contributed by atoms with Crippen LogP contribution in [-0.4, -0.2) is 18.5 Å². The monoisotopic (exact) mass is 339 g/mol. The van der Waals surface area contributed by atoms with E-state index in [9.17, 15) is 9.59 Å². The first-order valence-corrected chi connectivity index (χ1v) is 8.41. The number of rotatable bonds is 6. The van der Waals surface area contributed by atoms with Crippen molar-refractivity contribution in [3.63, 3.8) is 0 Å². The number of hydrogen-bond donors (Lipinski definition) is 3. The molecule has 5 heteroatoms. The zero-order valence-electron chi connectivity index (χ0n) is 14.9. The lowest BCUT2D eigenvalue weighted by molar-refractivity contribution is -0.115. The summed E-state index contributed by atoms with van der Waals surface area (Å²) < 4.78 is 0. The van der Waals surface area contributed by atoms with Crippen LogP contribution >= 0.6 is 0 Å². The smallest absolute Gasteiger partial charge is 0.315 e. The fourth-order valence-corrected chi connectivity index (χ4v) is 2.29. The summed E-state index contributed by atoms with van der Waals surface area (Å²) in [6, 6.07) is 15.3. The Labute approximate surface area is 148 Å². The number of aryl methyl sites for hydroxylation is 1. The molecule has 3 amide bonds. The lowest BCUT2D eigenvalue weighted by atomic mass is 10.0. The van der Waals surface area contributed by atoms with Gasteiger partial charge in [-0.3, -0.25) is 4.79 Å². The van der Waals surface area contributed by atoms with E-state index in [2.05, 4.69) is 29.8 Å². The first kappa shape index (κ1) is 18.5. The van der Waals surface area contributed by atoms with Crippen LogP contribution in [0.15, 0.2) is 48.5 Å². The second-order valence-electron chi connectivity index (χ2n) is 6.35. The van der Waals surface area contributed by atoms with E-state index in [-0.39, 0.29) is 18.5 Å². The predicted molar refractivity (Wildman–Crippen MR) is 101 cm³/mol. The third kappa shape index (κ3) is 6.30. The molecule has 0 saturated carbocycles. The van der Waals surface area contributed by atoms with Crippen LogP contribution in [0.3, 0.4) is 0 Å². The van der Waals surface area contributed by atoms with Gasteiger partial charge in [0.2, 0.25) is 5.91 Å². The summed E-state index contributed by atoms with van der Waals surface area (Å²) >= 11 is 0. The third-order valence-corrected chi connectivity index (χ3v) is 3.82. The Kier molecular flexibility index (Phi) is 6.57. The highest BCUT2D eigenvalue weighted by Crippen LogP contribution is 2.18. The van der Waals surface area contributed by atoms with Crippen LogP contribution in [0.4, 0.5) is 10.5 Å². The summed E-state index contributed by atoms with van der Waals surface area (Å²) in [5, 5.41) is 8.08. The van der Waals surface area contributed by atoms with Crippen LogP contribution in [-0.2, 0) is 11.3 Å². The van der Waals surface area contributed by atoms with Gasteiger partial charge in [-0.2, -0.15) is 0 Å². The number of carbonyl (C=O) groups excluding carboxylic acids is 2. The molecule has 25 heavy (non-hydrogen) atoms. The summed E-state index contributed by atoms with van der Waals surface area (Å²) in [5.74, 6) is 0.133. The number of amides is 3. The summed E-state index contributed by atoms with van der Waals surface area (Å²) in [4.78, 5) is 23.7. The SMILES string of the molecule is Cc1ccc(CNC(=O)NCC(=O)Nc2cccc(C(C)C)c2)cc1. The largest absolute Gasteiger partial charge is 0.334 e. The zero-order chi connectivity index (χ0) is 18.2. The number of carbonyl (C=O) groups is 2. The molecule has 0 saturated heterocycles. The fraction of sp³-hybridized carbons (Fsp3) is 0.300. The molecule has 5 nitrogen and oxygen atoms in total. The first-order valence-electron chi connectivity index (χ1n) is 8.41. The van der Waals surface area contributed by atoms with E-state index in [1.54, 1.807) is 0 Å². The van der Waals surface area contributed by atoms with Crippen molar-refractivity contribution in [2.75, 3.05) is 11.9 Å². The van der Waals surface area contributed by atoms with Crippen molar-refractivity contribution in [3.05, 3.63) is 65.2 Å². The molecule has 0 aliphatic carbocycles. The maximum Gasteiger partial charge on any atom is 0.315 e. The van der Waals surface area contributed by atoms with E-state index in [0.29, 0.717) is 12.5 Å². The average Bonchev–Trinajstić information content (AvgIpc) is 2.59. The molecular formula is C20H25N3O2. The van der Waals surface area contributed by atoms with Crippen LogP contribution in [0, 0.1) is 6.92 Å². The van der Waals surface area contributed by atoms with E-state index in [1.165, 1.54) is 5.56 Å².